The Balaban J connectivity index is 1.54. The van der Waals surface area contributed by atoms with E-state index in [1.54, 1.807) is 0 Å². The van der Waals surface area contributed by atoms with Crippen LogP contribution < -0.4 is 5.43 Å². The number of alkyl halides is 3. The number of furan rings is 1. The summed E-state index contributed by atoms with van der Waals surface area (Å²) in [6.45, 7) is -1.16. The maximum atomic E-state index is 12.3. The van der Waals surface area contributed by atoms with Gasteiger partial charge in [-0.1, -0.05) is 0 Å². The first-order valence-electron chi connectivity index (χ1n) is 7.89. The second-order valence-electron chi connectivity index (χ2n) is 5.67. The summed E-state index contributed by atoms with van der Waals surface area (Å²) in [5, 5.41) is 21.7. The van der Waals surface area contributed by atoms with Crippen molar-refractivity contribution in [3.63, 3.8) is 0 Å². The molecule has 152 valence electrons. The number of rotatable bonds is 7. The summed E-state index contributed by atoms with van der Waals surface area (Å²) >= 11 is 0. The summed E-state index contributed by atoms with van der Waals surface area (Å²) in [4.78, 5) is 22.0. The minimum atomic E-state index is -4.40. The summed E-state index contributed by atoms with van der Waals surface area (Å²) in [5.41, 5.74) is 2.10. The van der Waals surface area contributed by atoms with E-state index in [-0.39, 0.29) is 23.7 Å². The number of nitrogens with zero attached hydrogens (tertiary/aromatic N) is 6. The highest BCUT2D eigenvalue weighted by Gasteiger charge is 2.28. The molecule has 3 aromatic heterocycles. The zero-order valence-electron chi connectivity index (χ0n) is 14.4. The molecular formula is C15H12F3N7O4. The summed E-state index contributed by atoms with van der Waals surface area (Å²) < 4.78 is 44.1. The first-order chi connectivity index (χ1) is 13.7. The molecule has 29 heavy (non-hydrogen) atoms. The van der Waals surface area contributed by atoms with Gasteiger partial charge in [0.25, 0.3) is 0 Å². The Hall–Kier alpha value is -3.97. The third-order valence-electron chi connectivity index (χ3n) is 3.40. The van der Waals surface area contributed by atoms with E-state index in [1.807, 2.05) is 0 Å². The molecule has 1 N–H and O–H groups in total. The van der Waals surface area contributed by atoms with Gasteiger partial charge in [-0.2, -0.15) is 28.5 Å². The van der Waals surface area contributed by atoms with Gasteiger partial charge < -0.3 is 4.42 Å². The molecule has 0 spiro atoms. The molecule has 0 saturated carbocycles. The molecule has 0 radical (unpaired) electrons. The molecule has 3 aromatic rings. The summed E-state index contributed by atoms with van der Waals surface area (Å²) in [7, 11) is 0. The van der Waals surface area contributed by atoms with Crippen LogP contribution in [0.4, 0.5) is 18.9 Å². The minimum absolute atomic E-state index is 0.0705. The van der Waals surface area contributed by atoms with Crippen molar-refractivity contribution >= 4 is 17.8 Å². The number of carbonyl (C=O) groups is 1. The van der Waals surface area contributed by atoms with Crippen LogP contribution in [0.5, 0.6) is 0 Å². The fourth-order valence-corrected chi connectivity index (χ4v) is 2.21. The first kappa shape index (κ1) is 19.8. The molecule has 1 amide bonds. The molecule has 11 nitrogen and oxygen atoms in total. The lowest BCUT2D eigenvalue weighted by Crippen LogP contribution is -2.18. The molecule has 0 atom stereocenters. The zero-order valence-corrected chi connectivity index (χ0v) is 14.4. The van der Waals surface area contributed by atoms with Crippen LogP contribution in [-0.2, 0) is 13.1 Å². The number of carbonyl (C=O) groups excluding carboxylic acids is 1. The number of aromatic nitrogens is 4. The van der Waals surface area contributed by atoms with Crippen LogP contribution in [0.25, 0.3) is 0 Å². The maximum Gasteiger partial charge on any atom is 0.408 e. The Bertz CT molecular complexity index is 1050. The predicted molar refractivity (Wildman–Crippen MR) is 90.0 cm³/mol. The van der Waals surface area contributed by atoms with Gasteiger partial charge in [0.1, 0.15) is 30.4 Å². The Morgan fingerprint density at radius 3 is 2.83 bits per heavy atom. The van der Waals surface area contributed by atoms with Gasteiger partial charge >= 0.3 is 17.8 Å². The van der Waals surface area contributed by atoms with Crippen molar-refractivity contribution in [2.45, 2.75) is 19.3 Å². The van der Waals surface area contributed by atoms with Crippen molar-refractivity contribution in [1.29, 1.82) is 0 Å². The average molecular weight is 411 g/mol. The van der Waals surface area contributed by atoms with E-state index in [4.69, 9.17) is 4.42 Å². The second-order valence-corrected chi connectivity index (χ2v) is 5.67. The molecule has 0 aromatic carbocycles. The van der Waals surface area contributed by atoms with Crippen molar-refractivity contribution in [3.8, 4) is 0 Å². The normalized spacial score (nSPS) is 11.8. The van der Waals surface area contributed by atoms with Crippen LogP contribution in [0.2, 0.25) is 0 Å². The molecule has 0 saturated heterocycles. The lowest BCUT2D eigenvalue weighted by molar-refractivity contribution is -0.385. The highest BCUT2D eigenvalue weighted by Crippen LogP contribution is 2.16. The van der Waals surface area contributed by atoms with Crippen molar-refractivity contribution in [3.05, 3.63) is 64.1 Å². The lowest BCUT2D eigenvalue weighted by atomic mass is 10.4. The van der Waals surface area contributed by atoms with Crippen LogP contribution in [-0.4, -0.2) is 42.8 Å². The minimum Gasteiger partial charge on any atom is -0.454 e. The Labute approximate surface area is 159 Å². The molecule has 0 unspecified atom stereocenters. The standard InChI is InChI=1S/C15H12F3N7O4/c16-15(17,18)9-23-4-3-10(22-23)5-19-21-14(26)13-2-1-12(29-13)8-24-7-11(6-20-24)25(27)28/h1-7H,8-9H2,(H,21,26). The SMILES string of the molecule is O=C(NN=Cc1ccn(CC(F)(F)F)n1)c1ccc(Cn2cc([N+](=O)[O-])cn2)o1. The Morgan fingerprint density at radius 1 is 1.34 bits per heavy atom. The van der Waals surface area contributed by atoms with Gasteiger partial charge in [0.05, 0.1) is 17.7 Å². The van der Waals surface area contributed by atoms with Gasteiger partial charge in [-0.05, 0) is 18.2 Å². The van der Waals surface area contributed by atoms with Crippen LogP contribution in [0.15, 0.2) is 46.3 Å². The number of nitro groups is 1. The topological polar surface area (TPSA) is 133 Å². The highest BCUT2D eigenvalue weighted by atomic mass is 19.4. The van der Waals surface area contributed by atoms with E-state index in [0.717, 1.165) is 18.6 Å². The van der Waals surface area contributed by atoms with Crippen molar-refractivity contribution in [2.75, 3.05) is 0 Å². The van der Waals surface area contributed by atoms with E-state index in [0.29, 0.717) is 10.4 Å². The predicted octanol–water partition coefficient (Wildman–Crippen LogP) is 1.96. The third kappa shape index (κ3) is 5.50. The van der Waals surface area contributed by atoms with Gasteiger partial charge in [-0.15, -0.1) is 0 Å². The molecule has 0 aliphatic heterocycles. The summed E-state index contributed by atoms with van der Waals surface area (Å²) in [6, 6.07) is 4.16. The first-order valence-corrected chi connectivity index (χ1v) is 7.89. The number of hydrogen-bond acceptors (Lipinski definition) is 7. The van der Waals surface area contributed by atoms with Gasteiger partial charge in [0.15, 0.2) is 5.76 Å². The van der Waals surface area contributed by atoms with Crippen molar-refractivity contribution < 1.29 is 27.3 Å². The monoisotopic (exact) mass is 411 g/mol. The molecule has 3 heterocycles. The quantitative estimate of drug-likeness (QED) is 0.359. The van der Waals surface area contributed by atoms with Gasteiger partial charge in [-0.3, -0.25) is 24.3 Å². The molecular weight excluding hydrogens is 399 g/mol. The number of nitrogens with one attached hydrogen (secondary N) is 1. The largest absolute Gasteiger partial charge is 0.454 e. The average Bonchev–Trinajstić information content (AvgIpc) is 3.35. The summed E-state index contributed by atoms with van der Waals surface area (Å²) in [6.07, 6.45) is 0.116. The van der Waals surface area contributed by atoms with E-state index in [9.17, 15) is 28.1 Å². The molecule has 3 rings (SSSR count). The fraction of sp³-hybridized carbons (Fsp3) is 0.200. The zero-order chi connectivity index (χ0) is 21.0. The number of hydrazone groups is 1. The molecule has 0 bridgehead atoms. The van der Waals surface area contributed by atoms with E-state index in [2.05, 4.69) is 20.7 Å². The van der Waals surface area contributed by atoms with Gasteiger partial charge in [0.2, 0.25) is 0 Å². The van der Waals surface area contributed by atoms with E-state index >= 15 is 0 Å². The highest BCUT2D eigenvalue weighted by molar-refractivity contribution is 5.92. The smallest absolute Gasteiger partial charge is 0.408 e. The molecule has 0 fully saturated rings. The van der Waals surface area contributed by atoms with Crippen LogP contribution in [0, 0.1) is 10.1 Å². The number of halogens is 3. The third-order valence-corrected chi connectivity index (χ3v) is 3.40. The molecule has 14 heteroatoms. The van der Waals surface area contributed by atoms with Crippen molar-refractivity contribution in [1.82, 2.24) is 25.0 Å². The maximum absolute atomic E-state index is 12.3. The lowest BCUT2D eigenvalue weighted by Gasteiger charge is -2.04. The van der Waals surface area contributed by atoms with Crippen LogP contribution in [0.1, 0.15) is 22.0 Å². The molecule has 0 aliphatic carbocycles. The Kier molecular flexibility index (Phi) is 5.43. The summed E-state index contributed by atoms with van der Waals surface area (Å²) in [5.74, 6) is -0.460. The number of hydrogen-bond donors (Lipinski definition) is 1. The number of amides is 1. The van der Waals surface area contributed by atoms with Gasteiger partial charge in [0, 0.05) is 6.20 Å². The van der Waals surface area contributed by atoms with Crippen molar-refractivity contribution in [2.24, 2.45) is 5.10 Å². The fourth-order valence-electron chi connectivity index (χ4n) is 2.21. The van der Waals surface area contributed by atoms with Crippen LogP contribution in [0.3, 0.4) is 0 Å². The van der Waals surface area contributed by atoms with Crippen LogP contribution >= 0.6 is 0 Å². The van der Waals surface area contributed by atoms with E-state index < -0.39 is 23.6 Å². The van der Waals surface area contributed by atoms with Gasteiger partial charge in [-0.25, -0.2) is 5.43 Å². The molecule has 0 aliphatic rings. The van der Waals surface area contributed by atoms with E-state index in [1.165, 1.54) is 29.1 Å². The Morgan fingerprint density at radius 2 is 2.14 bits per heavy atom. The second kappa shape index (κ2) is 7.95.